The van der Waals surface area contributed by atoms with Gasteiger partial charge in [-0.3, -0.25) is 9.59 Å². The molecule has 0 bridgehead atoms. The molecule has 3 amide bonds. The van der Waals surface area contributed by atoms with Gasteiger partial charge in [0, 0.05) is 26.1 Å². The Hall–Kier alpha value is -1.83. The number of hydrogen-bond acceptors (Lipinski definition) is 4. The first-order chi connectivity index (χ1) is 9.95. The Morgan fingerprint density at radius 1 is 1.38 bits per heavy atom. The lowest BCUT2D eigenvalue weighted by molar-refractivity contribution is -0.137. The number of urea groups is 1. The number of aliphatic carboxylic acids is 1. The molecule has 1 aliphatic rings. The third-order valence-corrected chi connectivity index (χ3v) is 3.17. The minimum absolute atomic E-state index is 0.0108. The van der Waals surface area contributed by atoms with Gasteiger partial charge in [-0.1, -0.05) is 6.92 Å². The van der Waals surface area contributed by atoms with E-state index in [1.165, 1.54) is 4.90 Å². The monoisotopic (exact) mass is 301 g/mol. The average molecular weight is 301 g/mol. The summed E-state index contributed by atoms with van der Waals surface area (Å²) in [6.45, 7) is 5.18. The molecular formula is C13H23N3O5. The zero-order valence-electron chi connectivity index (χ0n) is 12.4. The van der Waals surface area contributed by atoms with Crippen LogP contribution >= 0.6 is 0 Å². The van der Waals surface area contributed by atoms with Gasteiger partial charge < -0.3 is 25.4 Å². The minimum Gasteiger partial charge on any atom is -0.481 e. The Morgan fingerprint density at radius 3 is 2.71 bits per heavy atom. The Morgan fingerprint density at radius 2 is 2.10 bits per heavy atom. The standard InChI is InChI=1S/C13H23N3O5/c1-3-14-12(19)10-8-21-5-4-16(10)13(20)15-7-9(2)6-11(17)18/h9-10H,3-8H2,1-2H3,(H,14,19)(H,15,20)(H,17,18). The van der Waals surface area contributed by atoms with Crippen molar-refractivity contribution in [2.24, 2.45) is 5.92 Å². The highest BCUT2D eigenvalue weighted by Gasteiger charge is 2.32. The first-order valence-electron chi connectivity index (χ1n) is 7.07. The molecule has 2 atom stereocenters. The van der Waals surface area contributed by atoms with E-state index in [9.17, 15) is 14.4 Å². The molecule has 1 fully saturated rings. The van der Waals surface area contributed by atoms with Crippen LogP contribution in [0, 0.1) is 5.92 Å². The number of carboxylic acid groups (broad SMARTS) is 1. The van der Waals surface area contributed by atoms with Gasteiger partial charge in [-0.15, -0.1) is 0 Å². The van der Waals surface area contributed by atoms with E-state index in [-0.39, 0.29) is 37.4 Å². The van der Waals surface area contributed by atoms with Crippen molar-refractivity contribution in [3.8, 4) is 0 Å². The molecule has 1 aliphatic heterocycles. The van der Waals surface area contributed by atoms with E-state index < -0.39 is 12.0 Å². The van der Waals surface area contributed by atoms with Crippen LogP contribution in [0.2, 0.25) is 0 Å². The first kappa shape index (κ1) is 17.2. The number of carboxylic acids is 1. The topological polar surface area (TPSA) is 108 Å². The molecule has 8 heteroatoms. The van der Waals surface area contributed by atoms with E-state index in [1.807, 2.05) is 0 Å². The number of hydrogen-bond donors (Lipinski definition) is 3. The van der Waals surface area contributed by atoms with Crippen molar-refractivity contribution in [3.05, 3.63) is 0 Å². The summed E-state index contributed by atoms with van der Waals surface area (Å²) >= 11 is 0. The molecule has 2 unspecified atom stereocenters. The van der Waals surface area contributed by atoms with E-state index in [0.29, 0.717) is 19.7 Å². The predicted molar refractivity (Wildman–Crippen MR) is 74.8 cm³/mol. The normalized spacial score (nSPS) is 19.7. The van der Waals surface area contributed by atoms with Crippen molar-refractivity contribution in [1.82, 2.24) is 15.5 Å². The van der Waals surface area contributed by atoms with Gasteiger partial charge in [0.2, 0.25) is 5.91 Å². The van der Waals surface area contributed by atoms with E-state index >= 15 is 0 Å². The summed E-state index contributed by atoms with van der Waals surface area (Å²) in [5, 5.41) is 14.0. The zero-order chi connectivity index (χ0) is 15.8. The number of morpholine rings is 1. The lowest BCUT2D eigenvalue weighted by Gasteiger charge is -2.34. The highest BCUT2D eigenvalue weighted by molar-refractivity contribution is 5.87. The van der Waals surface area contributed by atoms with Gasteiger partial charge in [0.05, 0.1) is 13.2 Å². The van der Waals surface area contributed by atoms with Gasteiger partial charge in [-0.2, -0.15) is 0 Å². The quantitative estimate of drug-likeness (QED) is 0.621. The summed E-state index contributed by atoms with van der Waals surface area (Å²) in [6, 6.07) is -1.01. The maximum absolute atomic E-state index is 12.1. The van der Waals surface area contributed by atoms with Gasteiger partial charge in [0.1, 0.15) is 6.04 Å². The maximum Gasteiger partial charge on any atom is 0.318 e. The van der Waals surface area contributed by atoms with Gasteiger partial charge in [0.25, 0.3) is 0 Å². The Balaban J connectivity index is 2.52. The molecular weight excluding hydrogens is 278 g/mol. The van der Waals surface area contributed by atoms with Crippen molar-refractivity contribution >= 4 is 17.9 Å². The summed E-state index contributed by atoms with van der Waals surface area (Å²) in [5.41, 5.74) is 0. The molecule has 0 spiro atoms. The number of carbonyl (C=O) groups is 3. The molecule has 1 rings (SSSR count). The Bertz CT molecular complexity index is 388. The van der Waals surface area contributed by atoms with Crippen LogP contribution in [0.25, 0.3) is 0 Å². The Kier molecular flexibility index (Phi) is 6.93. The maximum atomic E-state index is 12.1. The van der Waals surface area contributed by atoms with Gasteiger partial charge in [-0.05, 0) is 12.8 Å². The third-order valence-electron chi connectivity index (χ3n) is 3.17. The Labute approximate surface area is 123 Å². The van der Waals surface area contributed by atoms with Crippen molar-refractivity contribution in [1.29, 1.82) is 0 Å². The molecule has 0 radical (unpaired) electrons. The van der Waals surface area contributed by atoms with E-state index in [1.54, 1.807) is 13.8 Å². The number of amides is 3. The minimum atomic E-state index is -0.900. The van der Waals surface area contributed by atoms with Crippen molar-refractivity contribution in [2.75, 3.05) is 32.8 Å². The second-order valence-corrected chi connectivity index (χ2v) is 5.07. The molecule has 1 saturated heterocycles. The van der Waals surface area contributed by atoms with Crippen molar-refractivity contribution in [2.45, 2.75) is 26.3 Å². The largest absolute Gasteiger partial charge is 0.481 e. The van der Waals surface area contributed by atoms with Gasteiger partial charge >= 0.3 is 12.0 Å². The molecule has 0 aromatic carbocycles. The molecule has 0 aliphatic carbocycles. The number of carbonyl (C=O) groups excluding carboxylic acids is 2. The van der Waals surface area contributed by atoms with E-state index in [4.69, 9.17) is 9.84 Å². The lowest BCUT2D eigenvalue weighted by Crippen LogP contribution is -2.58. The smallest absolute Gasteiger partial charge is 0.318 e. The fourth-order valence-corrected chi connectivity index (χ4v) is 2.09. The summed E-state index contributed by atoms with van der Waals surface area (Å²) in [6.07, 6.45) is -0.0108. The number of rotatable bonds is 6. The second kappa shape index (κ2) is 8.46. The van der Waals surface area contributed by atoms with Crippen molar-refractivity contribution < 1.29 is 24.2 Å². The number of nitrogens with zero attached hydrogens (tertiary/aromatic N) is 1. The summed E-state index contributed by atoms with van der Waals surface area (Å²) in [5.74, 6) is -1.32. The molecule has 0 saturated carbocycles. The molecule has 8 nitrogen and oxygen atoms in total. The fraction of sp³-hybridized carbons (Fsp3) is 0.769. The molecule has 3 N–H and O–H groups in total. The molecule has 1 heterocycles. The second-order valence-electron chi connectivity index (χ2n) is 5.07. The highest BCUT2D eigenvalue weighted by Crippen LogP contribution is 2.08. The summed E-state index contributed by atoms with van der Waals surface area (Å²) in [7, 11) is 0. The zero-order valence-corrected chi connectivity index (χ0v) is 12.4. The first-order valence-corrected chi connectivity index (χ1v) is 7.07. The van der Waals surface area contributed by atoms with Gasteiger partial charge in [-0.25, -0.2) is 4.79 Å². The summed E-state index contributed by atoms with van der Waals surface area (Å²) in [4.78, 5) is 36.1. The van der Waals surface area contributed by atoms with Crippen LogP contribution in [0.4, 0.5) is 4.79 Å². The van der Waals surface area contributed by atoms with Crippen LogP contribution in [-0.2, 0) is 14.3 Å². The fourth-order valence-electron chi connectivity index (χ4n) is 2.09. The van der Waals surface area contributed by atoms with Crippen LogP contribution in [-0.4, -0.2) is 66.8 Å². The summed E-state index contributed by atoms with van der Waals surface area (Å²) < 4.78 is 5.25. The van der Waals surface area contributed by atoms with E-state index in [2.05, 4.69) is 10.6 Å². The third kappa shape index (κ3) is 5.58. The van der Waals surface area contributed by atoms with Crippen LogP contribution in [0.1, 0.15) is 20.3 Å². The van der Waals surface area contributed by atoms with Crippen molar-refractivity contribution in [3.63, 3.8) is 0 Å². The molecule has 120 valence electrons. The number of nitrogens with one attached hydrogen (secondary N) is 2. The van der Waals surface area contributed by atoms with Crippen LogP contribution in [0.5, 0.6) is 0 Å². The highest BCUT2D eigenvalue weighted by atomic mass is 16.5. The number of likely N-dealkylation sites (N-methyl/N-ethyl adjacent to an activating group) is 1. The average Bonchev–Trinajstić information content (AvgIpc) is 2.44. The van der Waals surface area contributed by atoms with Crippen LogP contribution in [0.3, 0.4) is 0 Å². The lowest BCUT2D eigenvalue weighted by atomic mass is 10.1. The predicted octanol–water partition coefficient (Wildman–Crippen LogP) is -0.356. The number of ether oxygens (including phenoxy) is 1. The molecule has 0 aromatic rings. The van der Waals surface area contributed by atoms with Gasteiger partial charge in [0.15, 0.2) is 0 Å². The van der Waals surface area contributed by atoms with E-state index in [0.717, 1.165) is 0 Å². The van der Waals surface area contributed by atoms with Crippen LogP contribution in [0.15, 0.2) is 0 Å². The molecule has 0 aromatic heterocycles. The molecule has 21 heavy (non-hydrogen) atoms. The van der Waals surface area contributed by atoms with Crippen LogP contribution < -0.4 is 10.6 Å². The SMILES string of the molecule is CCNC(=O)C1COCCN1C(=O)NCC(C)CC(=O)O.